The molecule has 0 unspecified atom stereocenters. The van der Waals surface area contributed by atoms with Crippen LogP contribution in [-0.2, 0) is 38.8 Å². The number of halogens is 3. The van der Waals surface area contributed by atoms with Crippen LogP contribution in [0.15, 0.2) is 78.9 Å². The Morgan fingerprint density at radius 2 is 1.61 bits per heavy atom. The number of carbonyl (C=O) groups is 2. The number of benzene rings is 3. The molecule has 7 nitrogen and oxygen atoms in total. The Balaban J connectivity index is 1.91. The van der Waals surface area contributed by atoms with Crippen molar-refractivity contribution in [2.45, 2.75) is 71.3 Å². The predicted molar refractivity (Wildman–Crippen MR) is 166 cm³/mol. The molecule has 0 aliphatic heterocycles. The number of nitrogens with zero attached hydrogens (tertiary/aromatic N) is 2. The van der Waals surface area contributed by atoms with E-state index in [-0.39, 0.29) is 55.9 Å². The van der Waals surface area contributed by atoms with Gasteiger partial charge in [-0.3, -0.25) is 13.9 Å². The van der Waals surface area contributed by atoms with Crippen LogP contribution in [0, 0.1) is 6.92 Å². The minimum absolute atomic E-state index is 0.0253. The lowest BCUT2D eigenvalue weighted by molar-refractivity contribution is -0.141. The highest BCUT2D eigenvalue weighted by molar-refractivity contribution is 7.92. The fourth-order valence-electron chi connectivity index (χ4n) is 4.81. The first-order valence-electron chi connectivity index (χ1n) is 14.5. The molecule has 0 saturated carbocycles. The van der Waals surface area contributed by atoms with Gasteiger partial charge >= 0.3 is 6.18 Å². The number of carbonyl (C=O) groups excluding carboxylic acids is 2. The van der Waals surface area contributed by atoms with Crippen LogP contribution in [0.1, 0.15) is 55.4 Å². The first-order chi connectivity index (χ1) is 20.7. The van der Waals surface area contributed by atoms with E-state index < -0.39 is 27.8 Å². The molecule has 3 rings (SSSR count). The largest absolute Gasteiger partial charge is 0.416 e. The Morgan fingerprint density at radius 3 is 2.23 bits per heavy atom. The SMILES string of the molecule is CC[C@H](C)NC(=O)[C@H](Cc1ccccc1)N(Cc1ccccc1C)C(=O)CCCN(c1cccc(C(F)(F)F)c1)S(C)(=O)=O. The van der Waals surface area contributed by atoms with E-state index in [1.54, 1.807) is 0 Å². The van der Waals surface area contributed by atoms with Gasteiger partial charge in [0.25, 0.3) is 0 Å². The molecule has 0 aliphatic carbocycles. The van der Waals surface area contributed by atoms with E-state index >= 15 is 0 Å². The standard InChI is InChI=1S/C33H40F3N3O4S/c1-5-25(3)37-32(41)30(21-26-14-7-6-8-15-26)38(23-27-16-10-9-13-24(27)2)31(40)19-12-20-39(44(4,42)43)29-18-11-17-28(22-29)33(34,35)36/h6-11,13-18,22,25,30H,5,12,19-21,23H2,1-4H3,(H,37,41)/t25-,30-/m0/s1. The number of amides is 2. The van der Waals surface area contributed by atoms with Crippen LogP contribution in [-0.4, -0.2) is 50.0 Å². The van der Waals surface area contributed by atoms with Crippen molar-refractivity contribution >= 4 is 27.5 Å². The zero-order chi connectivity index (χ0) is 32.5. The number of alkyl halides is 3. The van der Waals surface area contributed by atoms with Gasteiger partial charge in [0.05, 0.1) is 17.5 Å². The molecule has 0 saturated heterocycles. The maximum absolute atomic E-state index is 13.9. The molecule has 44 heavy (non-hydrogen) atoms. The average Bonchev–Trinajstić information content (AvgIpc) is 2.97. The van der Waals surface area contributed by atoms with Gasteiger partial charge in [0.2, 0.25) is 21.8 Å². The zero-order valence-electron chi connectivity index (χ0n) is 25.5. The smallest absolute Gasteiger partial charge is 0.352 e. The molecule has 3 aromatic carbocycles. The Labute approximate surface area is 258 Å². The lowest BCUT2D eigenvalue weighted by Crippen LogP contribution is -2.52. The van der Waals surface area contributed by atoms with Crippen LogP contribution in [0.3, 0.4) is 0 Å². The van der Waals surface area contributed by atoms with Gasteiger partial charge in [-0.2, -0.15) is 13.2 Å². The zero-order valence-corrected chi connectivity index (χ0v) is 26.3. The van der Waals surface area contributed by atoms with Crippen LogP contribution in [0.5, 0.6) is 0 Å². The fraction of sp³-hybridized carbons (Fsp3) is 0.394. The van der Waals surface area contributed by atoms with Crippen molar-refractivity contribution in [3.8, 4) is 0 Å². The van der Waals surface area contributed by atoms with E-state index in [0.29, 0.717) is 6.42 Å². The van der Waals surface area contributed by atoms with Crippen molar-refractivity contribution < 1.29 is 31.2 Å². The quantitative estimate of drug-likeness (QED) is 0.233. The number of hydrogen-bond acceptors (Lipinski definition) is 4. The number of nitrogens with one attached hydrogen (secondary N) is 1. The summed E-state index contributed by atoms with van der Waals surface area (Å²) in [5, 5.41) is 3.01. The minimum atomic E-state index is -4.64. The molecule has 0 fully saturated rings. The summed E-state index contributed by atoms with van der Waals surface area (Å²) in [5.74, 6) is -0.669. The van der Waals surface area contributed by atoms with Gasteiger partial charge in [-0.1, -0.05) is 67.6 Å². The van der Waals surface area contributed by atoms with E-state index in [0.717, 1.165) is 45.5 Å². The van der Waals surface area contributed by atoms with Crippen molar-refractivity contribution in [3.63, 3.8) is 0 Å². The second-order valence-corrected chi connectivity index (χ2v) is 12.9. The van der Waals surface area contributed by atoms with Crippen molar-refractivity contribution in [1.82, 2.24) is 10.2 Å². The van der Waals surface area contributed by atoms with E-state index in [4.69, 9.17) is 0 Å². The Kier molecular flexibility index (Phi) is 12.0. The Morgan fingerprint density at radius 1 is 0.955 bits per heavy atom. The summed E-state index contributed by atoms with van der Waals surface area (Å²) in [5.41, 5.74) is 1.56. The Bertz CT molecular complexity index is 1510. The highest BCUT2D eigenvalue weighted by Gasteiger charge is 2.33. The van der Waals surface area contributed by atoms with Crippen LogP contribution in [0.25, 0.3) is 0 Å². The second-order valence-electron chi connectivity index (χ2n) is 11.0. The number of aryl methyl sites for hydroxylation is 1. The molecule has 3 aromatic rings. The van der Waals surface area contributed by atoms with Gasteiger partial charge in [0.1, 0.15) is 6.04 Å². The highest BCUT2D eigenvalue weighted by Crippen LogP contribution is 2.32. The van der Waals surface area contributed by atoms with Crippen LogP contribution in [0.4, 0.5) is 18.9 Å². The van der Waals surface area contributed by atoms with Crippen LogP contribution >= 0.6 is 0 Å². The third-order valence-corrected chi connectivity index (χ3v) is 8.68. The number of rotatable bonds is 14. The van der Waals surface area contributed by atoms with Crippen LogP contribution in [0.2, 0.25) is 0 Å². The molecule has 0 bridgehead atoms. The van der Waals surface area contributed by atoms with E-state index in [9.17, 15) is 31.2 Å². The van der Waals surface area contributed by atoms with Gasteiger partial charge in [0.15, 0.2) is 0 Å². The molecule has 1 N–H and O–H groups in total. The van der Waals surface area contributed by atoms with Crippen molar-refractivity contribution in [2.75, 3.05) is 17.1 Å². The van der Waals surface area contributed by atoms with E-state index in [1.165, 1.54) is 11.0 Å². The fourth-order valence-corrected chi connectivity index (χ4v) is 5.76. The molecule has 238 valence electrons. The third kappa shape index (κ3) is 9.83. The first-order valence-corrected chi connectivity index (χ1v) is 16.4. The average molecular weight is 632 g/mol. The summed E-state index contributed by atoms with van der Waals surface area (Å²) in [6.07, 6.45) is -2.87. The molecule has 0 aromatic heterocycles. The van der Waals surface area contributed by atoms with Gasteiger partial charge in [-0.05, 0) is 61.6 Å². The van der Waals surface area contributed by atoms with Crippen molar-refractivity contribution in [1.29, 1.82) is 0 Å². The summed E-state index contributed by atoms with van der Waals surface area (Å²) in [7, 11) is -3.96. The molecule has 0 radical (unpaired) electrons. The van der Waals surface area contributed by atoms with E-state index in [2.05, 4.69) is 5.32 Å². The maximum Gasteiger partial charge on any atom is 0.416 e. The molecular weight excluding hydrogens is 591 g/mol. The normalized spacial score (nSPS) is 13.2. The molecule has 0 aliphatic rings. The van der Waals surface area contributed by atoms with Crippen LogP contribution < -0.4 is 9.62 Å². The summed E-state index contributed by atoms with van der Waals surface area (Å²) < 4.78 is 66.1. The number of anilines is 1. The van der Waals surface area contributed by atoms with Gasteiger partial charge < -0.3 is 10.2 Å². The van der Waals surface area contributed by atoms with Crippen molar-refractivity contribution in [2.24, 2.45) is 0 Å². The highest BCUT2D eigenvalue weighted by atomic mass is 32.2. The molecular formula is C33H40F3N3O4S. The lowest BCUT2D eigenvalue weighted by Gasteiger charge is -2.33. The lowest BCUT2D eigenvalue weighted by atomic mass is 10.0. The molecule has 2 amide bonds. The maximum atomic E-state index is 13.9. The Hall–Kier alpha value is -3.86. The van der Waals surface area contributed by atoms with Gasteiger partial charge in [-0.15, -0.1) is 0 Å². The predicted octanol–water partition coefficient (Wildman–Crippen LogP) is 6.11. The van der Waals surface area contributed by atoms with E-state index in [1.807, 2.05) is 75.4 Å². The topological polar surface area (TPSA) is 86.8 Å². The molecule has 2 atom stereocenters. The second kappa shape index (κ2) is 15.2. The minimum Gasteiger partial charge on any atom is -0.352 e. The summed E-state index contributed by atoms with van der Waals surface area (Å²) >= 11 is 0. The van der Waals surface area contributed by atoms with Gasteiger partial charge in [0, 0.05) is 32.0 Å². The monoisotopic (exact) mass is 631 g/mol. The summed E-state index contributed by atoms with van der Waals surface area (Å²) in [6, 6.07) is 20.0. The summed E-state index contributed by atoms with van der Waals surface area (Å²) in [4.78, 5) is 29.1. The molecule has 11 heteroatoms. The number of hydrogen-bond donors (Lipinski definition) is 1. The third-order valence-electron chi connectivity index (χ3n) is 7.49. The van der Waals surface area contributed by atoms with Gasteiger partial charge in [-0.25, -0.2) is 8.42 Å². The molecule has 0 spiro atoms. The van der Waals surface area contributed by atoms with Crippen molar-refractivity contribution in [3.05, 3.63) is 101 Å². The molecule has 0 heterocycles. The first kappa shape index (κ1) is 34.6. The number of sulfonamides is 1. The summed E-state index contributed by atoms with van der Waals surface area (Å²) in [6.45, 7) is 5.69.